The predicted molar refractivity (Wildman–Crippen MR) is 84.6 cm³/mol. The van der Waals surface area contributed by atoms with E-state index in [4.69, 9.17) is 5.73 Å². The van der Waals surface area contributed by atoms with Crippen LogP contribution in [0.2, 0.25) is 0 Å². The molecule has 0 saturated carbocycles. The minimum atomic E-state index is -0.765. The second-order valence-corrected chi connectivity index (χ2v) is 6.33. The van der Waals surface area contributed by atoms with Gasteiger partial charge in [-0.1, -0.05) is 23.9 Å². The molecule has 2 atom stereocenters. The number of hydrogen-bond acceptors (Lipinski definition) is 5. The summed E-state index contributed by atoms with van der Waals surface area (Å²) in [6.45, 7) is 0. The summed E-state index contributed by atoms with van der Waals surface area (Å²) < 4.78 is 13.1. The molecule has 1 aliphatic rings. The zero-order valence-electron chi connectivity index (χ0n) is 12.5. The van der Waals surface area contributed by atoms with E-state index in [0.717, 1.165) is 11.8 Å². The van der Waals surface area contributed by atoms with Crippen molar-refractivity contribution in [2.24, 2.45) is 5.73 Å². The summed E-state index contributed by atoms with van der Waals surface area (Å²) in [4.78, 5) is 25.3. The number of amides is 3. The van der Waals surface area contributed by atoms with Crippen molar-refractivity contribution in [3.05, 3.63) is 46.2 Å². The number of nitriles is 1. The number of imide groups is 1. The molecule has 3 N–H and O–H groups in total. The third kappa shape index (κ3) is 3.46. The van der Waals surface area contributed by atoms with Gasteiger partial charge in [0.1, 0.15) is 11.1 Å². The molecule has 0 saturated heterocycles. The lowest BCUT2D eigenvalue weighted by Crippen LogP contribution is -2.43. The summed E-state index contributed by atoms with van der Waals surface area (Å²) in [5.41, 5.74) is 6.68. The van der Waals surface area contributed by atoms with Crippen molar-refractivity contribution in [2.75, 3.05) is 14.1 Å². The van der Waals surface area contributed by atoms with Crippen LogP contribution in [0.5, 0.6) is 0 Å². The number of hydrogen-bond donors (Lipinski definition) is 2. The number of rotatable bonds is 2. The van der Waals surface area contributed by atoms with Crippen LogP contribution < -0.4 is 11.1 Å². The van der Waals surface area contributed by atoms with Gasteiger partial charge in [-0.05, 0) is 17.7 Å². The average Bonchev–Trinajstić information content (AvgIpc) is 2.84. The summed E-state index contributed by atoms with van der Waals surface area (Å²) in [6.07, 6.45) is 0. The van der Waals surface area contributed by atoms with E-state index < -0.39 is 28.9 Å². The van der Waals surface area contributed by atoms with Crippen molar-refractivity contribution in [2.45, 2.75) is 11.2 Å². The Morgan fingerprint density at radius 1 is 1.35 bits per heavy atom. The Morgan fingerprint density at radius 3 is 2.48 bits per heavy atom. The molecule has 0 bridgehead atoms. The Hall–Kier alpha value is -2.53. The van der Waals surface area contributed by atoms with Crippen LogP contribution >= 0.6 is 11.8 Å². The lowest BCUT2D eigenvalue weighted by atomic mass is 9.88. The maximum Gasteiger partial charge on any atom is 0.323 e. The molecule has 2 unspecified atom stereocenters. The van der Waals surface area contributed by atoms with Gasteiger partial charge in [0.15, 0.2) is 0 Å². The van der Waals surface area contributed by atoms with Crippen molar-refractivity contribution >= 4 is 23.7 Å². The number of halogens is 1. The van der Waals surface area contributed by atoms with Gasteiger partial charge in [-0.25, -0.2) is 9.18 Å². The van der Waals surface area contributed by atoms with Gasteiger partial charge in [-0.15, -0.1) is 0 Å². The van der Waals surface area contributed by atoms with Crippen LogP contribution in [0.15, 0.2) is 34.9 Å². The summed E-state index contributed by atoms with van der Waals surface area (Å²) in [5, 5.41) is 11.0. The number of carbonyl (C=O) groups is 2. The lowest BCUT2D eigenvalue weighted by molar-refractivity contribution is -0.119. The van der Waals surface area contributed by atoms with Crippen molar-refractivity contribution in [3.63, 3.8) is 0 Å². The molecule has 6 nitrogen and oxygen atoms in total. The molecule has 1 aromatic carbocycles. The first-order chi connectivity index (χ1) is 10.8. The van der Waals surface area contributed by atoms with Crippen LogP contribution in [-0.4, -0.2) is 36.2 Å². The van der Waals surface area contributed by atoms with Crippen LogP contribution in [-0.2, 0) is 4.79 Å². The topological polar surface area (TPSA) is 99.2 Å². The Labute approximate surface area is 137 Å². The number of nitrogens with one attached hydrogen (secondary N) is 1. The highest BCUT2D eigenvalue weighted by Crippen LogP contribution is 2.45. The molecule has 23 heavy (non-hydrogen) atoms. The van der Waals surface area contributed by atoms with Gasteiger partial charge in [0.2, 0.25) is 5.91 Å². The zero-order chi connectivity index (χ0) is 17.1. The summed E-state index contributed by atoms with van der Waals surface area (Å²) in [5.74, 6) is -1.59. The van der Waals surface area contributed by atoms with Crippen LogP contribution in [0.25, 0.3) is 0 Å². The van der Waals surface area contributed by atoms with Gasteiger partial charge in [0.05, 0.1) is 16.7 Å². The first-order valence-corrected chi connectivity index (χ1v) is 7.57. The third-order valence-electron chi connectivity index (χ3n) is 3.38. The monoisotopic (exact) mass is 334 g/mol. The summed E-state index contributed by atoms with van der Waals surface area (Å²) in [7, 11) is 3.02. The molecule has 1 heterocycles. The maximum atomic E-state index is 13.1. The largest absolute Gasteiger partial charge is 0.393 e. The fourth-order valence-electron chi connectivity index (χ4n) is 2.20. The number of carbonyl (C=O) groups excluding carboxylic acids is 2. The highest BCUT2D eigenvalue weighted by Gasteiger charge is 2.41. The number of benzene rings is 1. The average molecular weight is 334 g/mol. The molecule has 0 aromatic heterocycles. The second kappa shape index (κ2) is 6.71. The standard InChI is InChI=1S/C15H15FN4O2S/c1-20(2)15(22)19-14(21)12-11(10(7-17)13(18)23-12)8-3-5-9(16)6-4-8/h3-6,11-12H,18H2,1-2H3,(H,19,21,22). The van der Waals surface area contributed by atoms with E-state index >= 15 is 0 Å². The molecule has 0 spiro atoms. The zero-order valence-corrected chi connectivity index (χ0v) is 13.4. The molecule has 1 aliphatic heterocycles. The molecule has 1 aromatic rings. The second-order valence-electron chi connectivity index (χ2n) is 5.15. The quantitative estimate of drug-likeness (QED) is 0.854. The molecule has 3 amide bonds. The lowest BCUT2D eigenvalue weighted by Gasteiger charge is -2.20. The number of urea groups is 1. The van der Waals surface area contributed by atoms with Crippen LogP contribution in [0.3, 0.4) is 0 Å². The fourth-order valence-corrected chi connectivity index (χ4v) is 3.37. The molecular formula is C15H15FN4O2S. The SMILES string of the molecule is CN(C)C(=O)NC(=O)C1SC(N)=C(C#N)C1c1ccc(F)cc1. The molecule has 0 radical (unpaired) electrons. The Morgan fingerprint density at radius 2 is 1.96 bits per heavy atom. The first kappa shape index (κ1) is 16.8. The van der Waals surface area contributed by atoms with Crippen molar-refractivity contribution in [1.82, 2.24) is 10.2 Å². The van der Waals surface area contributed by atoms with Gasteiger partial charge in [-0.3, -0.25) is 10.1 Å². The van der Waals surface area contributed by atoms with Crippen molar-refractivity contribution in [1.29, 1.82) is 5.26 Å². The molecule has 8 heteroatoms. The van der Waals surface area contributed by atoms with Gasteiger partial charge in [0, 0.05) is 20.0 Å². The van der Waals surface area contributed by atoms with E-state index in [1.165, 1.54) is 43.3 Å². The highest BCUT2D eigenvalue weighted by atomic mass is 32.2. The number of thioether (sulfide) groups is 1. The van der Waals surface area contributed by atoms with E-state index in [1.54, 1.807) is 0 Å². The van der Waals surface area contributed by atoms with E-state index in [1.807, 2.05) is 6.07 Å². The normalized spacial score (nSPS) is 20.1. The van der Waals surface area contributed by atoms with Gasteiger partial charge >= 0.3 is 6.03 Å². The molecule has 0 fully saturated rings. The minimum Gasteiger partial charge on any atom is -0.393 e. The highest BCUT2D eigenvalue weighted by molar-refractivity contribution is 8.04. The minimum absolute atomic E-state index is 0.235. The molecule has 2 rings (SSSR count). The van der Waals surface area contributed by atoms with Crippen LogP contribution in [0.1, 0.15) is 11.5 Å². The number of allylic oxidation sites excluding steroid dienone is 1. The van der Waals surface area contributed by atoms with Gasteiger partial charge < -0.3 is 10.6 Å². The van der Waals surface area contributed by atoms with E-state index in [-0.39, 0.29) is 10.6 Å². The first-order valence-electron chi connectivity index (χ1n) is 6.69. The van der Waals surface area contributed by atoms with E-state index in [9.17, 15) is 19.2 Å². The summed E-state index contributed by atoms with van der Waals surface area (Å²) >= 11 is 1.03. The molecule has 120 valence electrons. The fraction of sp³-hybridized carbons (Fsp3) is 0.267. The Bertz CT molecular complexity index is 709. The Balaban J connectivity index is 2.33. The van der Waals surface area contributed by atoms with Crippen LogP contribution in [0.4, 0.5) is 9.18 Å². The third-order valence-corrected chi connectivity index (χ3v) is 4.59. The number of nitrogens with two attached hydrogens (primary N) is 1. The van der Waals surface area contributed by atoms with Crippen molar-refractivity contribution in [3.8, 4) is 6.07 Å². The van der Waals surface area contributed by atoms with Gasteiger partial charge in [-0.2, -0.15) is 5.26 Å². The van der Waals surface area contributed by atoms with Crippen molar-refractivity contribution < 1.29 is 14.0 Å². The van der Waals surface area contributed by atoms with E-state index in [2.05, 4.69) is 5.32 Å². The van der Waals surface area contributed by atoms with E-state index in [0.29, 0.717) is 5.56 Å². The number of nitrogens with zero attached hydrogens (tertiary/aromatic N) is 2. The Kier molecular flexibility index (Phi) is 4.91. The molecular weight excluding hydrogens is 319 g/mol. The predicted octanol–water partition coefficient (Wildman–Crippen LogP) is 1.52. The van der Waals surface area contributed by atoms with Gasteiger partial charge in [0.25, 0.3) is 0 Å². The smallest absolute Gasteiger partial charge is 0.323 e. The molecule has 0 aliphatic carbocycles. The van der Waals surface area contributed by atoms with Crippen LogP contribution in [0, 0.1) is 17.1 Å². The maximum absolute atomic E-state index is 13.1. The summed E-state index contributed by atoms with van der Waals surface area (Å²) in [6, 6.07) is 6.96.